The summed E-state index contributed by atoms with van der Waals surface area (Å²) in [4.78, 5) is 27.4. The minimum atomic E-state index is -0.469. The Hall–Kier alpha value is -2.63. The van der Waals surface area contributed by atoms with Gasteiger partial charge in [0.2, 0.25) is 0 Å². The van der Waals surface area contributed by atoms with E-state index in [1.54, 1.807) is 13.0 Å². The molecule has 110 valence electrons. The molecule has 0 unspecified atom stereocenters. The van der Waals surface area contributed by atoms with Crippen LogP contribution in [0.15, 0.2) is 30.3 Å². The first kappa shape index (κ1) is 14.8. The van der Waals surface area contributed by atoms with E-state index < -0.39 is 12.0 Å². The van der Waals surface area contributed by atoms with Gasteiger partial charge < -0.3 is 15.4 Å². The molecule has 0 fully saturated rings. The number of carbonyl (C=O) groups excluding carboxylic acids is 2. The smallest absolute Gasteiger partial charge is 0.325 e. The average molecular weight is 287 g/mol. The maximum Gasteiger partial charge on any atom is 0.325 e. The molecule has 0 saturated carbocycles. The van der Waals surface area contributed by atoms with Gasteiger partial charge in [-0.05, 0) is 26.0 Å². The van der Waals surface area contributed by atoms with Crippen molar-refractivity contribution in [3.63, 3.8) is 0 Å². The lowest BCUT2D eigenvalue weighted by molar-refractivity contribution is -0.141. The van der Waals surface area contributed by atoms with Crippen LogP contribution in [0.25, 0.3) is 10.9 Å². The largest absolute Gasteiger partial charge is 0.465 e. The van der Waals surface area contributed by atoms with Gasteiger partial charge in [0.05, 0.1) is 17.8 Å². The molecular formula is C15H17N3O3. The molecule has 1 aromatic heterocycles. The van der Waals surface area contributed by atoms with Gasteiger partial charge in [-0.2, -0.15) is 0 Å². The van der Waals surface area contributed by atoms with Crippen molar-refractivity contribution < 1.29 is 14.3 Å². The highest BCUT2D eigenvalue weighted by Crippen LogP contribution is 2.22. The Morgan fingerprint density at radius 1 is 1.29 bits per heavy atom. The summed E-state index contributed by atoms with van der Waals surface area (Å²) < 4.78 is 4.74. The number of ether oxygens (including phenoxy) is 1. The molecular weight excluding hydrogens is 270 g/mol. The molecule has 1 heterocycles. The van der Waals surface area contributed by atoms with Crippen LogP contribution >= 0.6 is 0 Å². The molecule has 1 aromatic carbocycles. The van der Waals surface area contributed by atoms with E-state index in [0.717, 1.165) is 16.6 Å². The van der Waals surface area contributed by atoms with E-state index in [1.165, 1.54) is 0 Å². The molecule has 6 heteroatoms. The molecule has 0 saturated heterocycles. The summed E-state index contributed by atoms with van der Waals surface area (Å²) >= 11 is 0. The first-order valence-electron chi connectivity index (χ1n) is 6.67. The van der Waals surface area contributed by atoms with Crippen molar-refractivity contribution in [3.05, 3.63) is 36.0 Å². The maximum absolute atomic E-state index is 11.8. The van der Waals surface area contributed by atoms with E-state index >= 15 is 0 Å². The Balaban J connectivity index is 2.09. The zero-order chi connectivity index (χ0) is 15.2. The van der Waals surface area contributed by atoms with E-state index in [2.05, 4.69) is 15.6 Å². The third-order valence-electron chi connectivity index (χ3n) is 2.79. The number of nitrogens with one attached hydrogen (secondary N) is 2. The van der Waals surface area contributed by atoms with Crippen molar-refractivity contribution in [1.82, 2.24) is 10.3 Å². The van der Waals surface area contributed by atoms with Crippen LogP contribution in [-0.2, 0) is 9.53 Å². The molecule has 2 aromatic rings. The number of urea groups is 1. The number of anilines is 1. The lowest BCUT2D eigenvalue weighted by atomic mass is 10.1. The van der Waals surface area contributed by atoms with Crippen molar-refractivity contribution in [2.24, 2.45) is 0 Å². The monoisotopic (exact) mass is 287 g/mol. The summed E-state index contributed by atoms with van der Waals surface area (Å²) in [6.45, 7) is 3.69. The van der Waals surface area contributed by atoms with E-state index in [-0.39, 0.29) is 13.2 Å². The number of aromatic nitrogens is 1. The van der Waals surface area contributed by atoms with Crippen LogP contribution in [0.5, 0.6) is 0 Å². The molecule has 0 aliphatic heterocycles. The lowest BCUT2D eigenvalue weighted by Gasteiger charge is -2.10. The van der Waals surface area contributed by atoms with Crippen LogP contribution in [0, 0.1) is 6.92 Å². The van der Waals surface area contributed by atoms with Crippen LogP contribution in [0.4, 0.5) is 10.5 Å². The Morgan fingerprint density at radius 3 is 2.81 bits per heavy atom. The molecule has 0 aliphatic carbocycles. The van der Waals surface area contributed by atoms with Crippen molar-refractivity contribution in [1.29, 1.82) is 0 Å². The number of pyridine rings is 1. The summed E-state index contributed by atoms with van der Waals surface area (Å²) in [6.07, 6.45) is 0. The first-order valence-corrected chi connectivity index (χ1v) is 6.67. The number of carbonyl (C=O) groups is 2. The highest BCUT2D eigenvalue weighted by atomic mass is 16.5. The Morgan fingerprint density at radius 2 is 2.05 bits per heavy atom. The summed E-state index contributed by atoms with van der Waals surface area (Å²) in [5, 5.41) is 6.02. The van der Waals surface area contributed by atoms with Gasteiger partial charge in [0.25, 0.3) is 0 Å². The molecule has 0 atom stereocenters. The van der Waals surface area contributed by atoms with Crippen LogP contribution in [-0.4, -0.2) is 30.1 Å². The number of fused-ring (bicyclic) bond motifs is 1. The van der Waals surface area contributed by atoms with Crippen molar-refractivity contribution in [2.75, 3.05) is 18.5 Å². The number of para-hydroxylation sites is 1. The van der Waals surface area contributed by atoms with Gasteiger partial charge in [0.15, 0.2) is 0 Å². The van der Waals surface area contributed by atoms with Gasteiger partial charge in [-0.25, -0.2) is 4.79 Å². The number of nitrogens with zero attached hydrogens (tertiary/aromatic N) is 1. The molecule has 0 bridgehead atoms. The summed E-state index contributed by atoms with van der Waals surface area (Å²) in [5.74, 6) is -0.469. The maximum atomic E-state index is 11.8. The number of hydrogen-bond acceptors (Lipinski definition) is 4. The standard InChI is InChI=1S/C15H17N3O3/c1-3-21-14(19)9-16-15(20)18-13-8-10(2)17-12-7-5-4-6-11(12)13/h4-8H,3,9H2,1-2H3,(H2,16,17,18,20). The Kier molecular flexibility index (Phi) is 4.71. The average Bonchev–Trinajstić information content (AvgIpc) is 2.45. The van der Waals surface area contributed by atoms with Crippen molar-refractivity contribution in [2.45, 2.75) is 13.8 Å². The summed E-state index contributed by atoms with van der Waals surface area (Å²) in [6, 6.07) is 8.85. The third-order valence-corrected chi connectivity index (χ3v) is 2.79. The highest BCUT2D eigenvalue weighted by Gasteiger charge is 2.09. The fraction of sp³-hybridized carbons (Fsp3) is 0.267. The number of rotatable bonds is 4. The second-order valence-corrected chi connectivity index (χ2v) is 4.44. The molecule has 2 rings (SSSR count). The van der Waals surface area contributed by atoms with E-state index in [4.69, 9.17) is 4.74 Å². The normalized spacial score (nSPS) is 10.2. The minimum Gasteiger partial charge on any atom is -0.465 e. The zero-order valence-corrected chi connectivity index (χ0v) is 12.0. The third kappa shape index (κ3) is 3.92. The van der Waals surface area contributed by atoms with E-state index in [0.29, 0.717) is 5.69 Å². The Labute approximate surface area is 122 Å². The van der Waals surface area contributed by atoms with E-state index in [9.17, 15) is 9.59 Å². The topological polar surface area (TPSA) is 80.3 Å². The SMILES string of the molecule is CCOC(=O)CNC(=O)Nc1cc(C)nc2ccccc12. The fourth-order valence-electron chi connectivity index (χ4n) is 1.94. The van der Waals surface area contributed by atoms with Gasteiger partial charge >= 0.3 is 12.0 Å². The van der Waals surface area contributed by atoms with Crippen LogP contribution in [0.3, 0.4) is 0 Å². The molecule has 0 radical (unpaired) electrons. The predicted octanol–water partition coefficient (Wildman–Crippen LogP) is 2.23. The van der Waals surface area contributed by atoms with Gasteiger partial charge in [-0.3, -0.25) is 9.78 Å². The molecule has 6 nitrogen and oxygen atoms in total. The second-order valence-electron chi connectivity index (χ2n) is 4.44. The number of esters is 1. The van der Waals surface area contributed by atoms with Crippen LogP contribution < -0.4 is 10.6 Å². The molecule has 21 heavy (non-hydrogen) atoms. The number of amides is 2. The van der Waals surface area contributed by atoms with Crippen LogP contribution in [0.1, 0.15) is 12.6 Å². The summed E-state index contributed by atoms with van der Waals surface area (Å²) in [5.41, 5.74) is 2.26. The number of hydrogen-bond donors (Lipinski definition) is 2. The van der Waals surface area contributed by atoms with Gasteiger partial charge in [0, 0.05) is 11.1 Å². The zero-order valence-electron chi connectivity index (χ0n) is 12.0. The highest BCUT2D eigenvalue weighted by molar-refractivity contribution is 6.01. The van der Waals surface area contributed by atoms with Gasteiger partial charge in [-0.1, -0.05) is 18.2 Å². The summed E-state index contributed by atoms with van der Waals surface area (Å²) in [7, 11) is 0. The molecule has 2 amide bonds. The molecule has 0 spiro atoms. The molecule has 0 aliphatic rings. The molecule has 2 N–H and O–H groups in total. The van der Waals surface area contributed by atoms with Gasteiger partial charge in [-0.15, -0.1) is 0 Å². The number of benzene rings is 1. The van der Waals surface area contributed by atoms with Crippen molar-refractivity contribution in [3.8, 4) is 0 Å². The Bertz CT molecular complexity index is 670. The quantitative estimate of drug-likeness (QED) is 0.845. The second kappa shape index (κ2) is 6.69. The van der Waals surface area contributed by atoms with Crippen molar-refractivity contribution >= 4 is 28.6 Å². The van der Waals surface area contributed by atoms with Crippen LogP contribution in [0.2, 0.25) is 0 Å². The predicted molar refractivity (Wildman–Crippen MR) is 80.1 cm³/mol. The number of aryl methyl sites for hydroxylation is 1. The first-order chi connectivity index (χ1) is 10.1. The minimum absolute atomic E-state index is 0.165. The van der Waals surface area contributed by atoms with Gasteiger partial charge in [0.1, 0.15) is 6.54 Å². The fourth-order valence-corrected chi connectivity index (χ4v) is 1.94. The lowest BCUT2D eigenvalue weighted by Crippen LogP contribution is -2.34. The van der Waals surface area contributed by atoms with E-state index in [1.807, 2.05) is 31.2 Å².